The van der Waals surface area contributed by atoms with Crippen LogP contribution < -0.4 is 10.1 Å². The molecule has 2 aromatic carbocycles. The Hall–Kier alpha value is -2.97. The maximum Gasteiger partial charge on any atom is 0.325 e. The number of esters is 1. The summed E-state index contributed by atoms with van der Waals surface area (Å²) in [5, 5.41) is 6.22. The molecular weight excluding hydrogens is 390 g/mol. The van der Waals surface area contributed by atoms with Gasteiger partial charge in [0.15, 0.2) is 0 Å². The smallest absolute Gasteiger partial charge is 0.325 e. The second-order valence-corrected chi connectivity index (χ2v) is 6.63. The molecule has 0 aliphatic heterocycles. The number of benzene rings is 2. The first-order chi connectivity index (χ1) is 13.1. The Balaban J connectivity index is 1.46. The molecule has 0 saturated heterocycles. The summed E-state index contributed by atoms with van der Waals surface area (Å²) in [6.45, 7) is -0.355. The van der Waals surface area contributed by atoms with Crippen LogP contribution in [0, 0.1) is 0 Å². The summed E-state index contributed by atoms with van der Waals surface area (Å²) < 4.78 is 14.6. The first kappa shape index (κ1) is 18.8. The molecule has 1 N–H and O–H groups in total. The first-order valence-corrected chi connectivity index (χ1v) is 9.00. The third-order valence-corrected chi connectivity index (χ3v) is 4.35. The molecule has 0 atom stereocenters. The molecule has 0 aliphatic carbocycles. The molecule has 0 unspecified atom stereocenters. The van der Waals surface area contributed by atoms with Gasteiger partial charge in [-0.25, -0.2) is 0 Å². The highest BCUT2D eigenvalue weighted by atomic mass is 35.5. The Kier molecular flexibility index (Phi) is 6.35. The topological polar surface area (TPSA) is 90.4 Å². The number of halogens is 1. The van der Waals surface area contributed by atoms with Crippen LogP contribution in [0.5, 0.6) is 11.5 Å². The number of carbonyl (C=O) groups excluding carboxylic acids is 2. The quantitative estimate of drug-likeness (QED) is 0.607. The van der Waals surface area contributed by atoms with E-state index in [-0.39, 0.29) is 13.2 Å². The maximum atomic E-state index is 12.1. The third-order valence-electron chi connectivity index (χ3n) is 3.37. The second kappa shape index (κ2) is 9.11. The molecule has 0 saturated carbocycles. The number of carbonyl (C=O) groups is 2. The highest BCUT2D eigenvalue weighted by Crippen LogP contribution is 2.21. The van der Waals surface area contributed by atoms with E-state index in [1.807, 2.05) is 30.3 Å². The van der Waals surface area contributed by atoms with E-state index in [0.717, 1.165) is 11.5 Å². The Morgan fingerprint density at radius 3 is 2.41 bits per heavy atom. The summed E-state index contributed by atoms with van der Waals surface area (Å²) in [4.78, 5) is 23.8. The molecule has 0 aliphatic rings. The number of rotatable bonds is 7. The van der Waals surface area contributed by atoms with Gasteiger partial charge in [-0.15, -0.1) is 5.10 Å². The molecule has 0 fully saturated rings. The van der Waals surface area contributed by atoms with Gasteiger partial charge in [0.1, 0.15) is 34.7 Å². The molecule has 0 radical (unpaired) electrons. The van der Waals surface area contributed by atoms with Crippen LogP contribution in [0.2, 0.25) is 4.34 Å². The van der Waals surface area contributed by atoms with E-state index in [0.29, 0.717) is 27.1 Å². The van der Waals surface area contributed by atoms with Gasteiger partial charge in [-0.3, -0.25) is 9.59 Å². The largest absolute Gasteiger partial charge is 0.458 e. The lowest BCUT2D eigenvalue weighted by Crippen LogP contribution is -2.30. The predicted octanol–water partition coefficient (Wildman–Crippen LogP) is 3.46. The van der Waals surface area contributed by atoms with Crippen LogP contribution in [0.25, 0.3) is 0 Å². The van der Waals surface area contributed by atoms with Gasteiger partial charge in [0, 0.05) is 17.1 Å². The molecule has 138 valence electrons. The average Bonchev–Trinajstić information content (AvgIpc) is 3.10. The van der Waals surface area contributed by atoms with Crippen molar-refractivity contribution in [3.8, 4) is 11.5 Å². The summed E-state index contributed by atoms with van der Waals surface area (Å²) in [5.41, 5.74) is 0.783. The van der Waals surface area contributed by atoms with E-state index < -0.39 is 11.9 Å². The van der Waals surface area contributed by atoms with Crippen molar-refractivity contribution in [3.63, 3.8) is 0 Å². The number of ether oxygens (including phenoxy) is 2. The zero-order chi connectivity index (χ0) is 19.1. The number of aromatic nitrogens is 2. The van der Waals surface area contributed by atoms with Crippen LogP contribution >= 0.6 is 23.1 Å². The molecule has 1 amide bonds. The molecule has 0 spiro atoms. The summed E-state index contributed by atoms with van der Waals surface area (Å²) in [6, 6.07) is 15.9. The Labute approximate surface area is 164 Å². The van der Waals surface area contributed by atoms with Crippen molar-refractivity contribution < 1.29 is 19.1 Å². The summed E-state index contributed by atoms with van der Waals surface area (Å²) in [5.74, 6) is 0.307. The van der Waals surface area contributed by atoms with Gasteiger partial charge in [-0.1, -0.05) is 34.3 Å². The first-order valence-electron chi connectivity index (χ1n) is 7.85. The SMILES string of the molecule is O=C(CNC(=O)c1ccc(Oc2ccccc2)cc1)OCc1nnsc1Cl. The Morgan fingerprint density at radius 1 is 1.04 bits per heavy atom. The highest BCUT2D eigenvalue weighted by molar-refractivity contribution is 7.10. The Morgan fingerprint density at radius 2 is 1.74 bits per heavy atom. The van der Waals surface area contributed by atoms with Crippen LogP contribution in [0.3, 0.4) is 0 Å². The van der Waals surface area contributed by atoms with Crippen molar-refractivity contribution in [1.29, 1.82) is 0 Å². The fourth-order valence-electron chi connectivity index (χ4n) is 2.04. The van der Waals surface area contributed by atoms with Crippen LogP contribution in [0.1, 0.15) is 16.1 Å². The molecule has 7 nitrogen and oxygen atoms in total. The van der Waals surface area contributed by atoms with Crippen LogP contribution in [-0.2, 0) is 16.1 Å². The molecule has 3 aromatic rings. The minimum absolute atomic E-state index is 0.0877. The average molecular weight is 404 g/mol. The Bertz CT molecular complexity index is 916. The van der Waals surface area contributed by atoms with Crippen molar-refractivity contribution in [2.45, 2.75) is 6.61 Å². The van der Waals surface area contributed by atoms with Crippen molar-refractivity contribution in [2.75, 3.05) is 6.54 Å². The van der Waals surface area contributed by atoms with Gasteiger partial charge in [-0.2, -0.15) is 0 Å². The van der Waals surface area contributed by atoms with Gasteiger partial charge >= 0.3 is 5.97 Å². The van der Waals surface area contributed by atoms with Gasteiger partial charge in [-0.05, 0) is 36.4 Å². The van der Waals surface area contributed by atoms with E-state index in [1.54, 1.807) is 24.3 Å². The van der Waals surface area contributed by atoms with Crippen molar-refractivity contribution in [1.82, 2.24) is 14.9 Å². The minimum atomic E-state index is -0.601. The van der Waals surface area contributed by atoms with Gasteiger partial charge in [0.25, 0.3) is 5.91 Å². The molecule has 1 heterocycles. The number of para-hydroxylation sites is 1. The van der Waals surface area contributed by atoms with Gasteiger partial charge in [0.05, 0.1) is 0 Å². The van der Waals surface area contributed by atoms with Crippen LogP contribution in [0.4, 0.5) is 0 Å². The molecule has 9 heteroatoms. The monoisotopic (exact) mass is 403 g/mol. The molecule has 3 rings (SSSR count). The lowest BCUT2D eigenvalue weighted by Gasteiger charge is -2.08. The highest BCUT2D eigenvalue weighted by Gasteiger charge is 2.12. The molecule has 27 heavy (non-hydrogen) atoms. The summed E-state index contributed by atoms with van der Waals surface area (Å²) >= 11 is 6.82. The van der Waals surface area contributed by atoms with Crippen molar-refractivity contribution >= 4 is 35.0 Å². The molecule has 0 bridgehead atoms. The third kappa shape index (κ3) is 5.50. The lowest BCUT2D eigenvalue weighted by atomic mass is 10.2. The van der Waals surface area contributed by atoms with Crippen molar-refractivity contribution in [2.24, 2.45) is 0 Å². The zero-order valence-corrected chi connectivity index (χ0v) is 15.5. The molecule has 1 aromatic heterocycles. The number of hydrogen-bond acceptors (Lipinski definition) is 7. The van der Waals surface area contributed by atoms with Crippen molar-refractivity contribution in [3.05, 3.63) is 70.2 Å². The molecular formula is C18H14ClN3O4S. The standard InChI is InChI=1S/C18H14ClN3O4S/c19-17-15(21-22-27-17)11-25-16(23)10-20-18(24)12-6-8-14(9-7-12)26-13-4-2-1-3-5-13/h1-9H,10-11H2,(H,20,24). The predicted molar refractivity (Wildman–Crippen MR) is 100 cm³/mol. The van der Waals surface area contributed by atoms with E-state index in [4.69, 9.17) is 21.1 Å². The maximum absolute atomic E-state index is 12.1. The normalized spacial score (nSPS) is 10.3. The zero-order valence-electron chi connectivity index (χ0n) is 13.9. The number of nitrogens with zero attached hydrogens (tertiary/aromatic N) is 2. The number of amides is 1. The fourth-order valence-corrected chi connectivity index (χ4v) is 2.64. The second-order valence-electron chi connectivity index (χ2n) is 5.28. The summed E-state index contributed by atoms with van der Waals surface area (Å²) in [7, 11) is 0. The van der Waals surface area contributed by atoms with E-state index in [9.17, 15) is 9.59 Å². The van der Waals surface area contributed by atoms with E-state index in [1.165, 1.54) is 0 Å². The van der Waals surface area contributed by atoms with E-state index in [2.05, 4.69) is 14.9 Å². The fraction of sp³-hybridized carbons (Fsp3) is 0.111. The number of nitrogens with one attached hydrogen (secondary N) is 1. The van der Waals surface area contributed by atoms with E-state index >= 15 is 0 Å². The number of hydrogen-bond donors (Lipinski definition) is 1. The minimum Gasteiger partial charge on any atom is -0.458 e. The summed E-state index contributed by atoms with van der Waals surface area (Å²) in [6.07, 6.45) is 0. The van der Waals surface area contributed by atoms with Gasteiger partial charge in [0.2, 0.25) is 0 Å². The van der Waals surface area contributed by atoms with Gasteiger partial charge < -0.3 is 14.8 Å². The van der Waals surface area contributed by atoms with Crippen LogP contribution in [-0.4, -0.2) is 28.0 Å². The lowest BCUT2D eigenvalue weighted by molar-refractivity contribution is -0.143. The van der Waals surface area contributed by atoms with Crippen LogP contribution in [0.15, 0.2) is 54.6 Å².